The Kier molecular flexibility index (Phi) is 3.11. The molecule has 3 rings (SSSR count). The normalized spacial score (nSPS) is 23.4. The van der Waals surface area contributed by atoms with Crippen molar-refractivity contribution in [2.45, 2.75) is 19.4 Å². The summed E-state index contributed by atoms with van der Waals surface area (Å²) in [5.41, 5.74) is 1.86. The Hall–Kier alpha value is -1.68. The average molecular weight is 243 g/mol. The first-order valence-electron chi connectivity index (χ1n) is 6.40. The monoisotopic (exact) mass is 243 g/mol. The molecule has 0 saturated carbocycles. The van der Waals surface area contributed by atoms with Crippen LogP contribution in [-0.2, 0) is 4.74 Å². The predicted molar refractivity (Wildman–Crippen MR) is 71.5 cm³/mol. The van der Waals surface area contributed by atoms with E-state index in [2.05, 4.69) is 22.2 Å². The molecule has 1 saturated heterocycles. The minimum atomic E-state index is 0.339. The maximum atomic E-state index is 5.55. The largest absolute Gasteiger partial charge is 0.378 e. The number of fused-ring (bicyclic) bond motifs is 1. The van der Waals surface area contributed by atoms with Gasteiger partial charge in [0.15, 0.2) is 0 Å². The Morgan fingerprint density at radius 3 is 2.94 bits per heavy atom. The Bertz CT molecular complexity index is 543. The number of aromatic nitrogens is 2. The molecule has 0 aliphatic carbocycles. The number of nitrogens with zero attached hydrogens (tertiary/aromatic N) is 2. The van der Waals surface area contributed by atoms with Crippen LogP contribution < -0.4 is 5.32 Å². The van der Waals surface area contributed by atoms with Crippen molar-refractivity contribution in [3.8, 4) is 0 Å². The standard InChI is InChI=1S/C14H17N3O/c1-10-11(6-7-18-10)8-16-14-9-15-12-4-2-3-5-13(12)17-14/h2-5,9-11H,6-8H2,1H3,(H,16,17). The highest BCUT2D eigenvalue weighted by molar-refractivity contribution is 5.75. The van der Waals surface area contributed by atoms with Gasteiger partial charge >= 0.3 is 0 Å². The molecule has 4 heteroatoms. The van der Waals surface area contributed by atoms with Crippen LogP contribution in [0.3, 0.4) is 0 Å². The molecular weight excluding hydrogens is 226 g/mol. The van der Waals surface area contributed by atoms with Crippen molar-refractivity contribution in [3.05, 3.63) is 30.5 Å². The van der Waals surface area contributed by atoms with E-state index in [1.54, 1.807) is 6.20 Å². The molecule has 1 N–H and O–H groups in total. The fraction of sp³-hybridized carbons (Fsp3) is 0.429. The molecule has 0 spiro atoms. The molecule has 2 atom stereocenters. The lowest BCUT2D eigenvalue weighted by Gasteiger charge is -2.15. The second kappa shape index (κ2) is 4.90. The molecule has 18 heavy (non-hydrogen) atoms. The predicted octanol–water partition coefficient (Wildman–Crippen LogP) is 2.47. The van der Waals surface area contributed by atoms with Gasteiger partial charge in [0.05, 0.1) is 23.3 Å². The van der Waals surface area contributed by atoms with Gasteiger partial charge in [-0.1, -0.05) is 12.1 Å². The van der Waals surface area contributed by atoms with Crippen LogP contribution in [0.5, 0.6) is 0 Å². The first-order valence-corrected chi connectivity index (χ1v) is 6.40. The first kappa shape index (κ1) is 11.4. The number of hydrogen-bond acceptors (Lipinski definition) is 4. The van der Waals surface area contributed by atoms with Gasteiger partial charge in [-0.05, 0) is 25.5 Å². The van der Waals surface area contributed by atoms with Crippen molar-refractivity contribution >= 4 is 16.9 Å². The van der Waals surface area contributed by atoms with Crippen molar-refractivity contribution in [1.82, 2.24) is 9.97 Å². The van der Waals surface area contributed by atoms with Gasteiger partial charge in [0.2, 0.25) is 0 Å². The maximum absolute atomic E-state index is 5.55. The highest BCUT2D eigenvalue weighted by Gasteiger charge is 2.23. The zero-order valence-electron chi connectivity index (χ0n) is 10.5. The smallest absolute Gasteiger partial charge is 0.145 e. The number of nitrogens with one attached hydrogen (secondary N) is 1. The fourth-order valence-corrected chi connectivity index (χ4v) is 2.32. The van der Waals surface area contributed by atoms with Crippen molar-refractivity contribution in [2.75, 3.05) is 18.5 Å². The van der Waals surface area contributed by atoms with Gasteiger partial charge in [-0.15, -0.1) is 0 Å². The summed E-state index contributed by atoms with van der Waals surface area (Å²) >= 11 is 0. The van der Waals surface area contributed by atoms with Gasteiger partial charge in [-0.3, -0.25) is 4.98 Å². The van der Waals surface area contributed by atoms with Gasteiger partial charge in [0, 0.05) is 19.1 Å². The van der Waals surface area contributed by atoms with E-state index in [9.17, 15) is 0 Å². The second-order valence-electron chi connectivity index (χ2n) is 4.75. The lowest BCUT2D eigenvalue weighted by atomic mass is 10.0. The van der Waals surface area contributed by atoms with Gasteiger partial charge in [-0.2, -0.15) is 0 Å². The minimum Gasteiger partial charge on any atom is -0.378 e. The third-order valence-corrected chi connectivity index (χ3v) is 3.53. The van der Waals surface area contributed by atoms with Gasteiger partial charge in [0.25, 0.3) is 0 Å². The van der Waals surface area contributed by atoms with E-state index in [4.69, 9.17) is 4.74 Å². The van der Waals surface area contributed by atoms with Crippen LogP contribution in [0.15, 0.2) is 30.5 Å². The van der Waals surface area contributed by atoms with Crippen LogP contribution >= 0.6 is 0 Å². The highest BCUT2D eigenvalue weighted by atomic mass is 16.5. The lowest BCUT2D eigenvalue weighted by Crippen LogP contribution is -2.21. The summed E-state index contributed by atoms with van der Waals surface area (Å²) in [6.45, 7) is 3.90. The van der Waals surface area contributed by atoms with Crippen molar-refractivity contribution in [3.63, 3.8) is 0 Å². The number of benzene rings is 1. The van der Waals surface area contributed by atoms with E-state index in [0.29, 0.717) is 12.0 Å². The molecule has 1 aromatic heterocycles. The van der Waals surface area contributed by atoms with E-state index >= 15 is 0 Å². The Morgan fingerprint density at radius 1 is 1.33 bits per heavy atom. The molecule has 2 heterocycles. The van der Waals surface area contributed by atoms with Gasteiger partial charge < -0.3 is 10.1 Å². The van der Waals surface area contributed by atoms with E-state index in [-0.39, 0.29) is 0 Å². The van der Waals surface area contributed by atoms with Crippen LogP contribution in [0.4, 0.5) is 5.82 Å². The zero-order chi connectivity index (χ0) is 12.4. The molecular formula is C14H17N3O. The summed E-state index contributed by atoms with van der Waals surface area (Å²) in [7, 11) is 0. The molecule has 2 aromatic rings. The molecule has 0 bridgehead atoms. The van der Waals surface area contributed by atoms with E-state index in [1.807, 2.05) is 24.3 Å². The topological polar surface area (TPSA) is 47.0 Å². The molecule has 2 unspecified atom stereocenters. The summed E-state index contributed by atoms with van der Waals surface area (Å²) in [5.74, 6) is 1.41. The quantitative estimate of drug-likeness (QED) is 0.899. The van der Waals surface area contributed by atoms with Crippen LogP contribution in [0.25, 0.3) is 11.0 Å². The van der Waals surface area contributed by atoms with Crippen molar-refractivity contribution < 1.29 is 4.74 Å². The zero-order valence-corrected chi connectivity index (χ0v) is 10.5. The van der Waals surface area contributed by atoms with E-state index < -0.39 is 0 Å². The van der Waals surface area contributed by atoms with Crippen molar-refractivity contribution in [1.29, 1.82) is 0 Å². The molecule has 4 nitrogen and oxygen atoms in total. The summed E-state index contributed by atoms with van der Waals surface area (Å²) in [5, 5.41) is 3.36. The molecule has 1 aliphatic heterocycles. The Balaban J connectivity index is 1.71. The van der Waals surface area contributed by atoms with Crippen molar-refractivity contribution in [2.24, 2.45) is 5.92 Å². The number of para-hydroxylation sites is 2. The van der Waals surface area contributed by atoms with Crippen LogP contribution in [0.2, 0.25) is 0 Å². The third-order valence-electron chi connectivity index (χ3n) is 3.53. The fourth-order valence-electron chi connectivity index (χ4n) is 2.32. The van der Waals surface area contributed by atoms with E-state index in [1.165, 1.54) is 0 Å². The molecule has 1 aliphatic rings. The number of rotatable bonds is 3. The van der Waals surface area contributed by atoms with Gasteiger partial charge in [0.1, 0.15) is 5.82 Å². The second-order valence-corrected chi connectivity index (χ2v) is 4.75. The lowest BCUT2D eigenvalue weighted by molar-refractivity contribution is 0.108. The molecule has 94 valence electrons. The summed E-state index contributed by atoms with van der Waals surface area (Å²) in [4.78, 5) is 8.94. The Morgan fingerprint density at radius 2 is 2.17 bits per heavy atom. The molecule has 1 aromatic carbocycles. The Labute approximate surface area is 106 Å². The van der Waals surface area contributed by atoms with Crippen LogP contribution in [-0.4, -0.2) is 29.2 Å². The van der Waals surface area contributed by atoms with Crippen LogP contribution in [0, 0.1) is 5.92 Å². The molecule has 1 fully saturated rings. The van der Waals surface area contributed by atoms with E-state index in [0.717, 1.165) is 36.4 Å². The summed E-state index contributed by atoms with van der Waals surface area (Å²) < 4.78 is 5.55. The first-order chi connectivity index (χ1) is 8.83. The third kappa shape index (κ3) is 2.29. The summed E-state index contributed by atoms with van der Waals surface area (Å²) in [6.07, 6.45) is 3.25. The molecule has 0 radical (unpaired) electrons. The summed E-state index contributed by atoms with van der Waals surface area (Å²) in [6, 6.07) is 7.91. The number of anilines is 1. The number of hydrogen-bond donors (Lipinski definition) is 1. The molecule has 0 amide bonds. The van der Waals surface area contributed by atoms with Gasteiger partial charge in [-0.25, -0.2) is 4.98 Å². The highest BCUT2D eigenvalue weighted by Crippen LogP contribution is 2.21. The number of ether oxygens (including phenoxy) is 1. The maximum Gasteiger partial charge on any atom is 0.145 e. The SMILES string of the molecule is CC1OCCC1CNc1cnc2ccccc2n1. The van der Waals surface area contributed by atoms with Crippen LogP contribution in [0.1, 0.15) is 13.3 Å². The minimum absolute atomic E-state index is 0.339. The average Bonchev–Trinajstić information content (AvgIpc) is 2.82.